The smallest absolute Gasteiger partial charge is 0.129 e. The molecule has 0 aliphatic carbocycles. The summed E-state index contributed by atoms with van der Waals surface area (Å²) in [5, 5.41) is 0. The van der Waals surface area contributed by atoms with E-state index in [0.717, 1.165) is 6.66 Å². The molecule has 0 bridgehead atoms. The van der Waals surface area contributed by atoms with Crippen molar-refractivity contribution in [3.63, 3.8) is 0 Å². The summed E-state index contributed by atoms with van der Waals surface area (Å²) in [6.45, 7) is 11.8. The van der Waals surface area contributed by atoms with Crippen LogP contribution in [-0.4, -0.2) is 31.2 Å². The highest BCUT2D eigenvalue weighted by Gasteiger charge is 2.05. The molecular formula is C13H32NO3P. The van der Waals surface area contributed by atoms with Gasteiger partial charge in [0.2, 0.25) is 0 Å². The summed E-state index contributed by atoms with van der Waals surface area (Å²) in [6, 6.07) is 0. The molecular weight excluding hydrogens is 249 g/mol. The van der Waals surface area contributed by atoms with Gasteiger partial charge in [-0.3, -0.25) is 0 Å². The van der Waals surface area contributed by atoms with Crippen molar-refractivity contribution in [2.45, 2.75) is 59.3 Å². The van der Waals surface area contributed by atoms with Gasteiger partial charge in [0, 0.05) is 6.66 Å². The number of nitrogens with one attached hydrogen (secondary N) is 1. The lowest BCUT2D eigenvalue weighted by atomic mass is 10.2. The zero-order chi connectivity index (χ0) is 14.4. The molecule has 5 heteroatoms. The van der Waals surface area contributed by atoms with Crippen LogP contribution in [0.3, 0.4) is 0 Å². The number of quaternary nitrogens is 1. The lowest BCUT2D eigenvalue weighted by molar-refractivity contribution is -0.900. The van der Waals surface area contributed by atoms with E-state index in [2.05, 4.69) is 20.8 Å². The molecule has 0 amide bonds. The molecule has 0 rings (SSSR count). The third-order valence-corrected chi connectivity index (χ3v) is 2.65. The van der Waals surface area contributed by atoms with Gasteiger partial charge in [0.25, 0.3) is 0 Å². The Morgan fingerprint density at radius 3 is 1.33 bits per heavy atom. The Morgan fingerprint density at radius 1 is 0.944 bits per heavy atom. The number of hydrogen-bond acceptors (Lipinski definition) is 2. The molecule has 0 aromatic heterocycles. The predicted octanol–water partition coefficient (Wildman–Crippen LogP) is 1.43. The first-order valence-electron chi connectivity index (χ1n) is 7.19. The minimum atomic E-state index is -3.89. The van der Waals surface area contributed by atoms with Gasteiger partial charge in [0.05, 0.1) is 19.6 Å². The van der Waals surface area contributed by atoms with Crippen molar-refractivity contribution in [2.24, 2.45) is 0 Å². The van der Waals surface area contributed by atoms with E-state index in [-0.39, 0.29) is 0 Å². The van der Waals surface area contributed by atoms with Gasteiger partial charge in [-0.2, -0.15) is 0 Å². The highest BCUT2D eigenvalue weighted by Crippen LogP contribution is 2.19. The Balaban J connectivity index is 0. The summed E-state index contributed by atoms with van der Waals surface area (Å²) in [4.78, 5) is 18.6. The maximum atomic E-state index is 9.22. The second kappa shape index (κ2) is 13.5. The molecule has 1 atom stereocenters. The highest BCUT2D eigenvalue weighted by atomic mass is 31.2. The van der Waals surface area contributed by atoms with Crippen LogP contribution in [0.5, 0.6) is 0 Å². The van der Waals surface area contributed by atoms with Crippen LogP contribution in [0.4, 0.5) is 0 Å². The van der Waals surface area contributed by atoms with Gasteiger partial charge >= 0.3 is 0 Å². The topological polar surface area (TPSA) is 64.8 Å². The van der Waals surface area contributed by atoms with Gasteiger partial charge in [0.15, 0.2) is 0 Å². The molecule has 1 unspecified atom stereocenters. The van der Waals surface area contributed by atoms with Crippen molar-refractivity contribution in [3.05, 3.63) is 0 Å². The van der Waals surface area contributed by atoms with Crippen LogP contribution in [0.25, 0.3) is 0 Å². The normalized spacial score (nSPS) is 13.9. The summed E-state index contributed by atoms with van der Waals surface area (Å²) in [6.07, 6.45) is 8.26. The molecule has 2 N–H and O–H groups in total. The number of hydrogen-bond donors (Lipinski definition) is 2. The molecule has 0 heterocycles. The van der Waals surface area contributed by atoms with Gasteiger partial charge in [-0.1, -0.05) is 40.0 Å². The molecule has 0 aliphatic heterocycles. The summed E-state index contributed by atoms with van der Waals surface area (Å²) < 4.78 is 9.22. The molecule has 0 aromatic rings. The van der Waals surface area contributed by atoms with Crippen LogP contribution >= 0.6 is 7.60 Å². The number of unbranched alkanes of at least 4 members (excludes halogenated alkanes) is 3. The van der Waals surface area contributed by atoms with E-state index < -0.39 is 7.60 Å². The number of rotatable bonds is 9. The second-order valence-corrected chi connectivity index (χ2v) is 6.47. The van der Waals surface area contributed by atoms with Gasteiger partial charge in [0.1, 0.15) is 7.60 Å². The van der Waals surface area contributed by atoms with Crippen molar-refractivity contribution in [2.75, 3.05) is 26.3 Å². The van der Waals surface area contributed by atoms with E-state index >= 15 is 0 Å². The minimum Gasteiger partial charge on any atom is -0.779 e. The predicted molar refractivity (Wildman–Crippen MR) is 76.0 cm³/mol. The molecule has 112 valence electrons. The Kier molecular flexibility index (Phi) is 15.4. The van der Waals surface area contributed by atoms with Crippen LogP contribution in [0.1, 0.15) is 59.3 Å². The summed E-state index contributed by atoms with van der Waals surface area (Å²) >= 11 is 0. The third kappa shape index (κ3) is 25.1. The molecule has 0 aliphatic rings. The van der Waals surface area contributed by atoms with Crippen LogP contribution < -0.4 is 9.79 Å². The Bertz CT molecular complexity index is 179. The lowest BCUT2D eigenvalue weighted by Crippen LogP contribution is -3.12. The van der Waals surface area contributed by atoms with E-state index in [1.54, 1.807) is 0 Å². The third-order valence-electron chi connectivity index (χ3n) is 2.65. The first kappa shape index (κ1) is 20.4. The first-order chi connectivity index (χ1) is 8.35. The summed E-state index contributed by atoms with van der Waals surface area (Å²) in [7, 11) is -3.89. The Labute approximate surface area is 113 Å². The SMILES string of the molecule is CCCC[NH+](CCCC)CCCC.CP(=O)([O-])O. The van der Waals surface area contributed by atoms with Crippen LogP contribution in [0.2, 0.25) is 0 Å². The fourth-order valence-electron chi connectivity index (χ4n) is 1.66. The average molecular weight is 281 g/mol. The quantitative estimate of drug-likeness (QED) is 0.628. The monoisotopic (exact) mass is 281 g/mol. The molecule has 0 saturated heterocycles. The minimum absolute atomic E-state index is 0.743. The maximum absolute atomic E-state index is 9.22. The van der Waals surface area contributed by atoms with E-state index in [1.165, 1.54) is 58.2 Å². The van der Waals surface area contributed by atoms with Crippen molar-refractivity contribution in [1.29, 1.82) is 0 Å². The molecule has 0 aromatic carbocycles. The largest absolute Gasteiger partial charge is 0.779 e. The van der Waals surface area contributed by atoms with Crippen LogP contribution in [0, 0.1) is 0 Å². The molecule has 18 heavy (non-hydrogen) atoms. The van der Waals surface area contributed by atoms with Crippen molar-refractivity contribution in [1.82, 2.24) is 0 Å². The molecule has 0 saturated carbocycles. The van der Waals surface area contributed by atoms with E-state index in [1.807, 2.05) is 4.90 Å². The lowest BCUT2D eigenvalue weighted by Gasteiger charge is -2.18. The van der Waals surface area contributed by atoms with Crippen molar-refractivity contribution < 1.29 is 19.3 Å². The summed E-state index contributed by atoms with van der Waals surface area (Å²) in [5.74, 6) is 0. The Morgan fingerprint density at radius 2 is 1.17 bits per heavy atom. The van der Waals surface area contributed by atoms with Crippen LogP contribution in [-0.2, 0) is 4.57 Å². The van der Waals surface area contributed by atoms with Gasteiger partial charge < -0.3 is 19.3 Å². The van der Waals surface area contributed by atoms with Gasteiger partial charge in [-0.25, -0.2) is 0 Å². The van der Waals surface area contributed by atoms with E-state index in [0.29, 0.717) is 0 Å². The zero-order valence-corrected chi connectivity index (χ0v) is 13.5. The summed E-state index contributed by atoms with van der Waals surface area (Å²) in [5.41, 5.74) is 0. The Hall–Kier alpha value is 0.110. The van der Waals surface area contributed by atoms with Gasteiger partial charge in [-0.15, -0.1) is 0 Å². The van der Waals surface area contributed by atoms with E-state index in [9.17, 15) is 9.46 Å². The van der Waals surface area contributed by atoms with Gasteiger partial charge in [-0.05, 0) is 19.3 Å². The van der Waals surface area contributed by atoms with Crippen molar-refractivity contribution in [3.8, 4) is 0 Å². The van der Waals surface area contributed by atoms with E-state index in [4.69, 9.17) is 4.89 Å². The molecule has 0 radical (unpaired) electrons. The average Bonchev–Trinajstić information content (AvgIpc) is 2.26. The highest BCUT2D eigenvalue weighted by molar-refractivity contribution is 7.49. The first-order valence-corrected chi connectivity index (χ1v) is 9.22. The fraction of sp³-hybridized carbons (Fsp3) is 1.00. The standard InChI is InChI=1S/C12H27N.CH5O3P/c1-4-7-10-13(11-8-5-2)12-9-6-3;1-5(2,3)4/h4-12H2,1-3H3;1H3,(H2,2,3,4). The maximum Gasteiger partial charge on any atom is 0.129 e. The van der Waals surface area contributed by atoms with Crippen LogP contribution in [0.15, 0.2) is 0 Å². The second-order valence-electron chi connectivity index (χ2n) is 4.86. The zero-order valence-electron chi connectivity index (χ0n) is 12.6. The molecule has 0 fully saturated rings. The fourth-order valence-corrected chi connectivity index (χ4v) is 1.66. The molecule has 4 nitrogen and oxygen atoms in total. The molecule has 0 spiro atoms. The van der Waals surface area contributed by atoms with Crippen molar-refractivity contribution >= 4 is 7.60 Å².